The highest BCUT2D eigenvalue weighted by Crippen LogP contribution is 2.49. The fourth-order valence-corrected chi connectivity index (χ4v) is 3.78. The van der Waals surface area contributed by atoms with Crippen LogP contribution in [0.15, 0.2) is 84.9 Å². The number of carbonyl (C=O) groups excluding carboxylic acids is 1. The minimum atomic E-state index is -0.141. The van der Waals surface area contributed by atoms with Crippen LogP contribution in [0.1, 0.15) is 35.1 Å². The minimum Gasteiger partial charge on any atom is -0.345 e. The zero-order valence-corrected chi connectivity index (χ0v) is 15.1. The van der Waals surface area contributed by atoms with Crippen LogP contribution in [0.2, 0.25) is 5.02 Å². The van der Waals surface area contributed by atoms with Gasteiger partial charge >= 0.3 is 0 Å². The predicted octanol–water partition coefficient (Wildman–Crippen LogP) is 5.35. The second-order valence-corrected chi connectivity index (χ2v) is 7.14. The van der Waals surface area contributed by atoms with Gasteiger partial charge in [-0.05, 0) is 35.1 Å². The lowest BCUT2D eigenvalue weighted by Crippen LogP contribution is -2.30. The van der Waals surface area contributed by atoms with Crippen LogP contribution in [0.5, 0.6) is 0 Å². The Labute approximate surface area is 158 Å². The molecule has 2 nitrogen and oxygen atoms in total. The fourth-order valence-electron chi connectivity index (χ4n) is 3.50. The zero-order chi connectivity index (χ0) is 17.9. The lowest BCUT2D eigenvalue weighted by atomic mass is 9.98. The van der Waals surface area contributed by atoms with Crippen molar-refractivity contribution in [2.45, 2.75) is 18.4 Å². The normalized spacial score (nSPS) is 18.5. The van der Waals surface area contributed by atoms with Crippen molar-refractivity contribution in [3.05, 3.63) is 107 Å². The number of carbonyl (C=O) groups is 1. The van der Waals surface area contributed by atoms with E-state index in [1.165, 1.54) is 0 Å². The summed E-state index contributed by atoms with van der Waals surface area (Å²) in [6, 6.07) is 27.9. The Morgan fingerprint density at radius 3 is 1.96 bits per heavy atom. The van der Waals surface area contributed by atoms with Gasteiger partial charge in [-0.1, -0.05) is 90.5 Å². The van der Waals surface area contributed by atoms with Gasteiger partial charge in [0, 0.05) is 10.9 Å². The Bertz CT molecular complexity index is 855. The van der Waals surface area contributed by atoms with Gasteiger partial charge in [-0.3, -0.25) is 4.79 Å². The van der Waals surface area contributed by atoms with Gasteiger partial charge in [0.15, 0.2) is 0 Å². The third-order valence-electron chi connectivity index (χ3n) is 4.98. The molecule has 1 aliphatic rings. The van der Waals surface area contributed by atoms with Crippen LogP contribution in [-0.4, -0.2) is 5.91 Å². The molecule has 0 spiro atoms. The first-order valence-corrected chi connectivity index (χ1v) is 9.26. The van der Waals surface area contributed by atoms with Crippen molar-refractivity contribution in [1.82, 2.24) is 5.32 Å². The van der Waals surface area contributed by atoms with Gasteiger partial charge in [-0.25, -0.2) is 0 Å². The van der Waals surface area contributed by atoms with Crippen molar-refractivity contribution in [1.29, 1.82) is 0 Å². The molecule has 0 heterocycles. The quantitative estimate of drug-likeness (QED) is 0.652. The van der Waals surface area contributed by atoms with E-state index in [2.05, 4.69) is 29.6 Å². The van der Waals surface area contributed by atoms with Crippen molar-refractivity contribution in [2.75, 3.05) is 0 Å². The molecule has 2 atom stereocenters. The summed E-state index contributed by atoms with van der Waals surface area (Å²) in [5, 5.41) is 3.99. The van der Waals surface area contributed by atoms with Crippen molar-refractivity contribution >= 4 is 17.5 Å². The van der Waals surface area contributed by atoms with Gasteiger partial charge in [0.25, 0.3) is 0 Å². The summed E-state index contributed by atoms with van der Waals surface area (Å²) in [6.45, 7) is 0. The SMILES string of the molecule is O=C(NC(c1ccccc1)c1ccccc1)C1CC1c1ccccc1Cl. The second kappa shape index (κ2) is 7.35. The van der Waals surface area contributed by atoms with Crippen LogP contribution in [0.25, 0.3) is 0 Å². The van der Waals surface area contributed by atoms with Gasteiger partial charge in [0.1, 0.15) is 0 Å². The Kier molecular flexibility index (Phi) is 4.77. The van der Waals surface area contributed by atoms with Crippen LogP contribution < -0.4 is 5.32 Å². The second-order valence-electron chi connectivity index (χ2n) is 6.73. The van der Waals surface area contributed by atoms with Crippen molar-refractivity contribution in [3.8, 4) is 0 Å². The number of hydrogen-bond acceptors (Lipinski definition) is 1. The average molecular weight is 362 g/mol. The summed E-state index contributed by atoms with van der Waals surface area (Å²) < 4.78 is 0. The maximum Gasteiger partial charge on any atom is 0.224 e. The molecule has 3 aromatic carbocycles. The van der Waals surface area contributed by atoms with Crippen molar-refractivity contribution in [3.63, 3.8) is 0 Å². The van der Waals surface area contributed by atoms with E-state index in [1.54, 1.807) is 0 Å². The molecule has 26 heavy (non-hydrogen) atoms. The summed E-state index contributed by atoms with van der Waals surface area (Å²) in [5.41, 5.74) is 3.24. The molecular formula is C23H20ClNO. The molecule has 130 valence electrons. The molecule has 3 aromatic rings. The number of benzene rings is 3. The topological polar surface area (TPSA) is 29.1 Å². The van der Waals surface area contributed by atoms with E-state index in [-0.39, 0.29) is 23.8 Å². The summed E-state index contributed by atoms with van der Waals surface area (Å²) >= 11 is 6.30. The van der Waals surface area contributed by atoms with E-state index in [4.69, 9.17) is 11.6 Å². The van der Waals surface area contributed by atoms with Crippen LogP contribution in [0.4, 0.5) is 0 Å². The van der Waals surface area contributed by atoms with E-state index >= 15 is 0 Å². The first-order valence-electron chi connectivity index (χ1n) is 8.89. The van der Waals surface area contributed by atoms with Crippen molar-refractivity contribution < 1.29 is 4.79 Å². The van der Waals surface area contributed by atoms with E-state index in [1.807, 2.05) is 60.7 Å². The summed E-state index contributed by atoms with van der Waals surface area (Å²) in [6.07, 6.45) is 0.853. The summed E-state index contributed by atoms with van der Waals surface area (Å²) in [4.78, 5) is 12.9. The number of rotatable bonds is 5. The fraction of sp³-hybridized carbons (Fsp3) is 0.174. The van der Waals surface area contributed by atoms with Gasteiger partial charge in [0.05, 0.1) is 6.04 Å². The van der Waals surface area contributed by atoms with E-state index in [0.29, 0.717) is 0 Å². The maximum atomic E-state index is 12.9. The standard InChI is InChI=1S/C23H20ClNO/c24-21-14-8-7-13-18(21)19-15-20(19)23(26)25-22(16-9-3-1-4-10-16)17-11-5-2-6-12-17/h1-14,19-20,22H,15H2,(H,25,26). The van der Waals surface area contributed by atoms with Crippen LogP contribution in [0, 0.1) is 5.92 Å². The maximum absolute atomic E-state index is 12.9. The first-order chi connectivity index (χ1) is 12.7. The average Bonchev–Trinajstić information content (AvgIpc) is 3.48. The molecule has 1 saturated carbocycles. The zero-order valence-electron chi connectivity index (χ0n) is 14.3. The summed E-state index contributed by atoms with van der Waals surface area (Å²) in [5.74, 6) is 0.299. The van der Waals surface area contributed by atoms with E-state index in [0.717, 1.165) is 28.1 Å². The minimum absolute atomic E-state index is 0.00942. The Morgan fingerprint density at radius 2 is 1.38 bits per heavy atom. The van der Waals surface area contributed by atoms with Gasteiger partial charge < -0.3 is 5.32 Å². The smallest absolute Gasteiger partial charge is 0.224 e. The lowest BCUT2D eigenvalue weighted by Gasteiger charge is -2.20. The Morgan fingerprint density at radius 1 is 0.846 bits per heavy atom. The molecule has 0 aliphatic heterocycles. The van der Waals surface area contributed by atoms with E-state index < -0.39 is 0 Å². The molecule has 0 saturated heterocycles. The predicted molar refractivity (Wildman–Crippen MR) is 105 cm³/mol. The monoisotopic (exact) mass is 361 g/mol. The van der Waals surface area contributed by atoms with Crippen LogP contribution >= 0.6 is 11.6 Å². The molecule has 0 radical (unpaired) electrons. The molecular weight excluding hydrogens is 342 g/mol. The highest BCUT2D eigenvalue weighted by Gasteiger charge is 2.45. The van der Waals surface area contributed by atoms with Gasteiger partial charge in [-0.2, -0.15) is 0 Å². The molecule has 3 heteroatoms. The molecule has 1 N–H and O–H groups in total. The number of halogens is 1. The molecule has 1 amide bonds. The largest absolute Gasteiger partial charge is 0.345 e. The van der Waals surface area contributed by atoms with Crippen LogP contribution in [-0.2, 0) is 4.79 Å². The third kappa shape index (κ3) is 3.51. The van der Waals surface area contributed by atoms with E-state index in [9.17, 15) is 4.79 Å². The molecule has 4 rings (SSSR count). The highest BCUT2D eigenvalue weighted by molar-refractivity contribution is 6.31. The van der Waals surface area contributed by atoms with Gasteiger partial charge in [-0.15, -0.1) is 0 Å². The van der Waals surface area contributed by atoms with Crippen LogP contribution in [0.3, 0.4) is 0 Å². The molecule has 2 unspecified atom stereocenters. The highest BCUT2D eigenvalue weighted by atomic mass is 35.5. The number of hydrogen-bond donors (Lipinski definition) is 1. The third-order valence-corrected chi connectivity index (χ3v) is 5.33. The molecule has 1 fully saturated rings. The number of amides is 1. The van der Waals surface area contributed by atoms with Crippen molar-refractivity contribution in [2.24, 2.45) is 5.92 Å². The summed E-state index contributed by atoms with van der Waals surface area (Å²) in [7, 11) is 0. The molecule has 0 aromatic heterocycles. The first kappa shape index (κ1) is 16.9. The molecule has 0 bridgehead atoms. The molecule has 1 aliphatic carbocycles. The lowest BCUT2D eigenvalue weighted by molar-refractivity contribution is -0.122. The Hall–Kier alpha value is -2.58. The number of nitrogens with one attached hydrogen (secondary N) is 1. The van der Waals surface area contributed by atoms with Gasteiger partial charge in [0.2, 0.25) is 5.91 Å². The Balaban J connectivity index is 1.54.